The third kappa shape index (κ3) is 6.00. The average Bonchev–Trinajstić information content (AvgIpc) is 3.33. The lowest BCUT2D eigenvalue weighted by molar-refractivity contribution is 0.590. The van der Waals surface area contributed by atoms with Crippen molar-refractivity contribution in [1.82, 2.24) is 4.57 Å². The fraction of sp³-hybridized carbons (Fsp3) is 0.333. The highest BCUT2D eigenvalue weighted by Gasteiger charge is 2.28. The number of hydrogen-bond acceptors (Lipinski definition) is 1. The molecular weight excluding hydrogens is 648 g/mol. The van der Waals surface area contributed by atoms with Gasteiger partial charge in [-0.3, -0.25) is 0 Å². The fourth-order valence-electron chi connectivity index (χ4n) is 6.89. The van der Waals surface area contributed by atoms with Gasteiger partial charge in [-0.15, -0.1) is 0 Å². The summed E-state index contributed by atoms with van der Waals surface area (Å²) < 4.78 is 3.56. The summed E-state index contributed by atoms with van der Waals surface area (Å²) in [5.41, 5.74) is 19.5. The topological polar surface area (TPSA) is 30.9 Å². The minimum atomic E-state index is -0.260. The molecule has 0 radical (unpaired) electrons. The van der Waals surface area contributed by atoms with Gasteiger partial charge in [0.25, 0.3) is 0 Å². The molecule has 248 valence electrons. The van der Waals surface area contributed by atoms with Gasteiger partial charge in [0.2, 0.25) is 0 Å². The Morgan fingerprint density at radius 3 is 1.48 bits per heavy atom. The molecule has 0 aliphatic heterocycles. The van der Waals surface area contributed by atoms with E-state index < -0.39 is 0 Å². The van der Waals surface area contributed by atoms with Crippen molar-refractivity contribution in [2.45, 2.75) is 97.8 Å². The van der Waals surface area contributed by atoms with Gasteiger partial charge in [-0.2, -0.15) is 0 Å². The summed E-state index contributed by atoms with van der Waals surface area (Å²) in [5.74, 6) is 0. The Kier molecular flexibility index (Phi) is 8.27. The van der Waals surface area contributed by atoms with E-state index in [9.17, 15) is 0 Å². The van der Waals surface area contributed by atoms with Crippen molar-refractivity contribution in [2.24, 2.45) is 0 Å². The molecule has 2 N–H and O–H groups in total. The van der Waals surface area contributed by atoms with Crippen LogP contribution in [0.1, 0.15) is 104 Å². The van der Waals surface area contributed by atoms with E-state index >= 15 is 0 Å². The Balaban J connectivity index is 1.48. The van der Waals surface area contributed by atoms with E-state index in [1.165, 1.54) is 49.6 Å². The van der Waals surface area contributed by atoms with Gasteiger partial charge in [0.15, 0.2) is 0 Å². The SMILES string of the molecule is CC(C)(C)c1ccc(N)c(-c2ccc(C(C)(C)c3cccc(-n4c5ccc(C(C)(C)C)cc5c5cc(C(C)(C)C)ccc54)c3Br)cc2)c1. The summed E-state index contributed by atoms with van der Waals surface area (Å²) in [7, 11) is 0. The first kappa shape index (κ1) is 34.1. The Morgan fingerprint density at radius 1 is 0.521 bits per heavy atom. The maximum absolute atomic E-state index is 6.49. The molecule has 0 atom stereocenters. The molecule has 0 bridgehead atoms. The molecule has 6 aromatic rings. The minimum absolute atomic E-state index is 0.0573. The lowest BCUT2D eigenvalue weighted by Crippen LogP contribution is -2.20. The van der Waals surface area contributed by atoms with Crippen LogP contribution >= 0.6 is 15.9 Å². The Morgan fingerprint density at radius 2 is 0.979 bits per heavy atom. The van der Waals surface area contributed by atoms with Crippen molar-refractivity contribution in [1.29, 1.82) is 0 Å². The van der Waals surface area contributed by atoms with Crippen LogP contribution in [0.5, 0.6) is 0 Å². The lowest BCUT2D eigenvalue weighted by atomic mass is 9.77. The number of nitrogen functional groups attached to an aromatic ring is 1. The van der Waals surface area contributed by atoms with Crippen LogP contribution in [-0.2, 0) is 21.7 Å². The molecule has 3 heteroatoms. The molecule has 0 spiro atoms. The first-order valence-electron chi connectivity index (χ1n) is 17.2. The molecule has 1 heterocycles. The zero-order valence-electron chi connectivity index (χ0n) is 30.6. The highest BCUT2D eigenvalue weighted by molar-refractivity contribution is 9.10. The third-order valence-electron chi connectivity index (χ3n) is 10.2. The summed E-state index contributed by atoms with van der Waals surface area (Å²) in [6.07, 6.45) is 0. The molecule has 6 rings (SSSR count). The molecule has 0 saturated heterocycles. The van der Waals surface area contributed by atoms with Gasteiger partial charge in [-0.05, 0) is 108 Å². The normalized spacial score (nSPS) is 13.1. The van der Waals surface area contributed by atoms with Crippen molar-refractivity contribution in [2.75, 3.05) is 5.73 Å². The van der Waals surface area contributed by atoms with E-state index in [1.807, 2.05) is 6.07 Å². The van der Waals surface area contributed by atoms with E-state index in [0.29, 0.717) is 0 Å². The van der Waals surface area contributed by atoms with Crippen LogP contribution in [0.3, 0.4) is 0 Å². The van der Waals surface area contributed by atoms with Gasteiger partial charge < -0.3 is 10.3 Å². The van der Waals surface area contributed by atoms with E-state index in [4.69, 9.17) is 5.73 Å². The number of hydrogen-bond donors (Lipinski definition) is 1. The van der Waals surface area contributed by atoms with Crippen LogP contribution in [0.15, 0.2) is 102 Å². The van der Waals surface area contributed by atoms with Crippen LogP contribution in [0.4, 0.5) is 5.69 Å². The molecule has 0 amide bonds. The van der Waals surface area contributed by atoms with E-state index in [0.717, 1.165) is 27.0 Å². The number of nitrogens with two attached hydrogens (primary N) is 1. The zero-order chi connectivity index (χ0) is 35.0. The molecule has 2 nitrogen and oxygen atoms in total. The van der Waals surface area contributed by atoms with Gasteiger partial charge in [0.1, 0.15) is 0 Å². The number of halogens is 1. The van der Waals surface area contributed by atoms with Crippen molar-refractivity contribution < 1.29 is 0 Å². The maximum Gasteiger partial charge on any atom is 0.0607 e. The molecule has 0 aliphatic rings. The first-order valence-corrected chi connectivity index (χ1v) is 18.0. The van der Waals surface area contributed by atoms with Gasteiger partial charge in [0.05, 0.1) is 16.7 Å². The van der Waals surface area contributed by atoms with Crippen LogP contribution in [-0.4, -0.2) is 4.57 Å². The number of fused-ring (bicyclic) bond motifs is 3. The van der Waals surface area contributed by atoms with E-state index in [1.54, 1.807) is 0 Å². The van der Waals surface area contributed by atoms with Crippen molar-refractivity contribution in [3.63, 3.8) is 0 Å². The highest BCUT2D eigenvalue weighted by atomic mass is 79.9. The Labute approximate surface area is 296 Å². The average molecular weight is 700 g/mol. The summed E-state index contributed by atoms with van der Waals surface area (Å²) >= 11 is 4.15. The quantitative estimate of drug-likeness (QED) is 0.183. The Hall–Kier alpha value is -3.82. The number of nitrogens with zero attached hydrogens (tertiary/aromatic N) is 1. The monoisotopic (exact) mass is 698 g/mol. The molecular formula is C45H51BrN2. The number of rotatable bonds is 4. The number of aromatic nitrogens is 1. The standard InChI is InChI=1S/C45H51BrN2/c1-42(2,3)30-19-22-37(47)33(25-30)28-15-17-29(18-16-28)45(10,11)36-13-12-14-40(41(36)46)48-38-23-20-31(43(4,5)6)26-34(38)35-27-32(44(7,8)9)21-24-39(35)48/h12-27H,47H2,1-11H3. The summed E-state index contributed by atoms with van der Waals surface area (Å²) in [4.78, 5) is 0. The minimum Gasteiger partial charge on any atom is -0.398 e. The first-order chi connectivity index (χ1) is 22.3. The van der Waals surface area contributed by atoms with Gasteiger partial charge in [0, 0.05) is 31.9 Å². The largest absolute Gasteiger partial charge is 0.398 e. The van der Waals surface area contributed by atoms with Crippen LogP contribution in [0, 0.1) is 0 Å². The zero-order valence-corrected chi connectivity index (χ0v) is 32.2. The van der Waals surface area contributed by atoms with Gasteiger partial charge >= 0.3 is 0 Å². The Bertz CT molecular complexity index is 2090. The van der Waals surface area contributed by atoms with Crippen molar-refractivity contribution >= 4 is 43.4 Å². The molecule has 48 heavy (non-hydrogen) atoms. The van der Waals surface area contributed by atoms with E-state index in [2.05, 4.69) is 188 Å². The van der Waals surface area contributed by atoms with Crippen LogP contribution in [0.2, 0.25) is 0 Å². The highest BCUT2D eigenvalue weighted by Crippen LogP contribution is 2.43. The summed E-state index contributed by atoms with van der Waals surface area (Å²) in [6.45, 7) is 25.1. The van der Waals surface area contributed by atoms with Gasteiger partial charge in [-0.1, -0.05) is 131 Å². The summed E-state index contributed by atoms with van der Waals surface area (Å²) in [6, 6.07) is 36.2. The maximum atomic E-state index is 6.49. The molecule has 0 aliphatic carbocycles. The predicted molar refractivity (Wildman–Crippen MR) is 213 cm³/mol. The second kappa shape index (κ2) is 11.7. The molecule has 1 aromatic heterocycles. The second-order valence-corrected chi connectivity index (χ2v) is 18.0. The molecule has 0 unspecified atom stereocenters. The fourth-order valence-corrected chi connectivity index (χ4v) is 7.82. The predicted octanol–water partition coefficient (Wildman–Crippen LogP) is 13.0. The van der Waals surface area contributed by atoms with Crippen LogP contribution < -0.4 is 5.73 Å². The van der Waals surface area contributed by atoms with Crippen molar-refractivity contribution in [3.05, 3.63) is 129 Å². The van der Waals surface area contributed by atoms with Crippen molar-refractivity contribution in [3.8, 4) is 16.8 Å². The van der Waals surface area contributed by atoms with E-state index in [-0.39, 0.29) is 21.7 Å². The lowest BCUT2D eigenvalue weighted by Gasteiger charge is -2.29. The number of benzene rings is 5. The molecule has 0 fully saturated rings. The molecule has 0 saturated carbocycles. The molecule has 5 aromatic carbocycles. The summed E-state index contributed by atoms with van der Waals surface area (Å²) in [5, 5.41) is 2.59. The smallest absolute Gasteiger partial charge is 0.0607 e. The van der Waals surface area contributed by atoms with Crippen LogP contribution in [0.25, 0.3) is 38.6 Å². The second-order valence-electron chi connectivity index (χ2n) is 17.2. The third-order valence-corrected chi connectivity index (χ3v) is 11.1. The number of anilines is 1. The van der Waals surface area contributed by atoms with Gasteiger partial charge in [-0.25, -0.2) is 0 Å².